The van der Waals surface area contributed by atoms with Gasteiger partial charge in [0, 0.05) is 72.9 Å². The third-order valence-electron chi connectivity index (χ3n) is 8.13. The van der Waals surface area contributed by atoms with Crippen molar-refractivity contribution < 1.29 is 19.0 Å². The fourth-order valence-corrected chi connectivity index (χ4v) is 6.51. The first kappa shape index (κ1) is 30.0. The van der Waals surface area contributed by atoms with E-state index in [1.807, 2.05) is 18.3 Å². The van der Waals surface area contributed by atoms with E-state index in [1.165, 1.54) is 20.3 Å². The van der Waals surface area contributed by atoms with E-state index in [1.54, 1.807) is 18.5 Å². The quantitative estimate of drug-likeness (QED) is 0.179. The Morgan fingerprint density at radius 2 is 1.95 bits per heavy atom. The molecule has 0 radical (unpaired) electrons. The average Bonchev–Trinajstić information content (AvgIpc) is 3.81. The number of anilines is 3. The van der Waals surface area contributed by atoms with Crippen LogP contribution in [-0.2, 0) is 9.53 Å². The van der Waals surface area contributed by atoms with Gasteiger partial charge in [-0.05, 0) is 24.6 Å². The number of benzene rings is 1. The van der Waals surface area contributed by atoms with E-state index < -0.39 is 0 Å². The predicted octanol–water partition coefficient (Wildman–Crippen LogP) is 5.61. The van der Waals surface area contributed by atoms with Crippen molar-refractivity contribution in [3.8, 4) is 22.8 Å². The molecule has 2 aliphatic rings. The second-order valence-electron chi connectivity index (χ2n) is 10.9. The number of allylic oxidation sites excluding steroid dienone is 1. The van der Waals surface area contributed by atoms with Crippen molar-refractivity contribution in [1.82, 2.24) is 20.2 Å². The molecule has 2 saturated heterocycles. The molecule has 1 aromatic carbocycles. The van der Waals surface area contributed by atoms with Gasteiger partial charge in [0.05, 0.1) is 54.5 Å². The molecule has 230 valence electrons. The number of H-pyrrole nitrogens is 1. The summed E-state index contributed by atoms with van der Waals surface area (Å²) in [4.78, 5) is 24.3. The molecular formula is C31H33Cl2N7O4. The molecule has 0 amide bonds. The van der Waals surface area contributed by atoms with Crippen molar-refractivity contribution in [3.05, 3.63) is 59.5 Å². The number of rotatable bonds is 11. The molecule has 0 aliphatic carbocycles. The highest BCUT2D eigenvalue weighted by molar-refractivity contribution is 6.41. The fraction of sp³-hybridized carbons (Fsp3) is 0.355. The van der Waals surface area contributed by atoms with Crippen molar-refractivity contribution in [2.45, 2.75) is 24.9 Å². The highest BCUT2D eigenvalue weighted by Crippen LogP contribution is 2.46. The van der Waals surface area contributed by atoms with E-state index >= 15 is 0 Å². The molecule has 11 nitrogen and oxygen atoms in total. The van der Waals surface area contributed by atoms with Gasteiger partial charge in [0.15, 0.2) is 5.78 Å². The van der Waals surface area contributed by atoms with Crippen molar-refractivity contribution in [2.24, 2.45) is 5.92 Å². The zero-order valence-corrected chi connectivity index (χ0v) is 25.9. The van der Waals surface area contributed by atoms with Crippen LogP contribution in [0.25, 0.3) is 22.0 Å². The van der Waals surface area contributed by atoms with Crippen LogP contribution in [0.1, 0.15) is 12.8 Å². The van der Waals surface area contributed by atoms with Gasteiger partial charge in [0.25, 0.3) is 0 Å². The first-order valence-electron chi connectivity index (χ1n) is 14.3. The molecular weight excluding hydrogens is 605 g/mol. The smallest absolute Gasteiger partial charge is 0.155 e. The third-order valence-corrected chi connectivity index (χ3v) is 8.88. The maximum absolute atomic E-state index is 12.4. The largest absolute Gasteiger partial charge is 0.495 e. The third kappa shape index (κ3) is 5.99. The van der Waals surface area contributed by atoms with Crippen LogP contribution in [0, 0.1) is 5.92 Å². The van der Waals surface area contributed by atoms with E-state index in [2.05, 4.69) is 32.3 Å². The Labute approximate surface area is 264 Å². The Kier molecular flexibility index (Phi) is 8.79. The summed E-state index contributed by atoms with van der Waals surface area (Å²) < 4.78 is 16.6. The number of nitrogens with zero attached hydrogens (tertiary/aromatic N) is 4. The van der Waals surface area contributed by atoms with E-state index in [9.17, 15) is 4.79 Å². The first-order chi connectivity index (χ1) is 21.4. The number of halogens is 2. The normalized spacial score (nSPS) is 19.7. The minimum atomic E-state index is -0.0347. The number of carbonyl (C=O) groups is 1. The fourth-order valence-electron chi connectivity index (χ4n) is 5.82. The summed E-state index contributed by atoms with van der Waals surface area (Å²) in [5.41, 5.74) is 2.02. The van der Waals surface area contributed by atoms with Gasteiger partial charge >= 0.3 is 0 Å². The summed E-state index contributed by atoms with van der Waals surface area (Å²) in [5.74, 6) is 2.23. The Morgan fingerprint density at radius 1 is 1.16 bits per heavy atom. The summed E-state index contributed by atoms with van der Waals surface area (Å²) >= 11 is 13.5. The molecule has 0 saturated carbocycles. The number of ketones is 1. The molecule has 3 N–H and O–H groups in total. The number of carbonyl (C=O) groups excluding carboxylic acids is 1. The second-order valence-corrected chi connectivity index (χ2v) is 11.6. The zero-order chi connectivity index (χ0) is 30.8. The molecule has 2 aliphatic heterocycles. The predicted molar refractivity (Wildman–Crippen MR) is 172 cm³/mol. The lowest BCUT2D eigenvalue weighted by atomic mass is 9.97. The highest BCUT2D eigenvalue weighted by Gasteiger charge is 2.34. The topological polar surface area (TPSA) is 127 Å². The molecule has 0 spiro atoms. The lowest BCUT2D eigenvalue weighted by Crippen LogP contribution is -2.30. The standard InChI is InChI=1S/C31H33Cl2N7O4/c1-4-21(41)7-18-14-40(20-12-35-36-13-20)15-24(18)38-27-9-22-17(11-34-27)8-23(39-31(22)37-19-5-6-44-16-19)28-29(32)25(42-2)10-26(43-3)30(28)33/h4,8-13,18-19,24H,1,5-7,14-16H2,2-3H3,(H,34,38)(H,35,36)(H,37,39)/t18-,19?,24+/m0/s1. The molecule has 1 unspecified atom stereocenters. The number of hydrogen-bond acceptors (Lipinski definition) is 10. The minimum absolute atomic E-state index is 0.0100. The van der Waals surface area contributed by atoms with Crippen LogP contribution in [0.4, 0.5) is 17.3 Å². The number of fused-ring (bicyclic) bond motifs is 1. The van der Waals surface area contributed by atoms with Crippen molar-refractivity contribution in [1.29, 1.82) is 0 Å². The van der Waals surface area contributed by atoms with E-state index in [-0.39, 0.29) is 23.8 Å². The van der Waals surface area contributed by atoms with Gasteiger partial charge in [-0.15, -0.1) is 0 Å². The number of aromatic amines is 1. The molecule has 3 atom stereocenters. The summed E-state index contributed by atoms with van der Waals surface area (Å²) in [7, 11) is 3.07. The summed E-state index contributed by atoms with van der Waals surface area (Å²) in [6.45, 7) is 6.30. The number of aromatic nitrogens is 4. The number of nitrogens with one attached hydrogen (secondary N) is 3. The van der Waals surface area contributed by atoms with Gasteiger partial charge in [-0.2, -0.15) is 5.10 Å². The van der Waals surface area contributed by atoms with Gasteiger partial charge in [0.1, 0.15) is 23.1 Å². The lowest BCUT2D eigenvalue weighted by molar-refractivity contribution is -0.115. The number of pyridine rings is 2. The maximum Gasteiger partial charge on any atom is 0.155 e. The Balaban J connectivity index is 1.39. The Hall–Kier alpha value is -4.06. The van der Waals surface area contributed by atoms with E-state index in [0.29, 0.717) is 77.2 Å². The number of hydrogen-bond donors (Lipinski definition) is 3. The van der Waals surface area contributed by atoms with Crippen LogP contribution in [0.2, 0.25) is 10.0 Å². The van der Waals surface area contributed by atoms with Crippen LogP contribution in [0.15, 0.2) is 49.4 Å². The minimum Gasteiger partial charge on any atom is -0.495 e. The molecule has 13 heteroatoms. The average molecular weight is 639 g/mol. The van der Waals surface area contributed by atoms with E-state index in [0.717, 1.165) is 22.9 Å². The lowest BCUT2D eigenvalue weighted by Gasteiger charge is -2.21. The Bertz CT molecular complexity index is 1650. The van der Waals surface area contributed by atoms with Gasteiger partial charge in [-0.3, -0.25) is 9.89 Å². The zero-order valence-electron chi connectivity index (χ0n) is 24.4. The van der Waals surface area contributed by atoms with Crippen LogP contribution >= 0.6 is 23.2 Å². The van der Waals surface area contributed by atoms with Crippen LogP contribution in [0.5, 0.6) is 11.5 Å². The molecule has 4 aromatic rings. The maximum atomic E-state index is 12.4. The van der Waals surface area contributed by atoms with E-state index in [4.69, 9.17) is 47.4 Å². The van der Waals surface area contributed by atoms with Crippen molar-refractivity contribution in [3.63, 3.8) is 0 Å². The first-order valence-corrected chi connectivity index (χ1v) is 15.0. The van der Waals surface area contributed by atoms with Gasteiger partial charge in [-0.1, -0.05) is 29.8 Å². The molecule has 0 bridgehead atoms. The molecule has 2 fully saturated rings. The SMILES string of the molecule is C=CC(=O)C[C@H]1CN(c2cn[nH]c2)C[C@H]1Nc1cc2c(NC3CCOC3)nc(-c3c(Cl)c(OC)cc(OC)c3Cl)cc2cn1. The second kappa shape index (κ2) is 12.9. The monoisotopic (exact) mass is 637 g/mol. The van der Waals surface area contributed by atoms with Crippen molar-refractivity contribution in [2.75, 3.05) is 56.1 Å². The van der Waals surface area contributed by atoms with Gasteiger partial charge < -0.3 is 29.7 Å². The van der Waals surface area contributed by atoms with Crippen molar-refractivity contribution >= 4 is 57.1 Å². The van der Waals surface area contributed by atoms with Gasteiger partial charge in [0.2, 0.25) is 0 Å². The highest BCUT2D eigenvalue weighted by atomic mass is 35.5. The summed E-state index contributed by atoms with van der Waals surface area (Å²) in [6.07, 6.45) is 8.05. The summed E-state index contributed by atoms with van der Waals surface area (Å²) in [6, 6.07) is 5.58. The molecule has 44 heavy (non-hydrogen) atoms. The molecule has 5 heterocycles. The number of methoxy groups -OCH3 is 2. The Morgan fingerprint density at radius 3 is 2.61 bits per heavy atom. The van der Waals surface area contributed by atoms with Crippen LogP contribution < -0.4 is 25.0 Å². The van der Waals surface area contributed by atoms with Crippen LogP contribution in [0.3, 0.4) is 0 Å². The molecule has 6 rings (SSSR count). The molecule has 3 aromatic heterocycles. The summed E-state index contributed by atoms with van der Waals surface area (Å²) in [5, 5.41) is 16.5. The van der Waals surface area contributed by atoms with Crippen LogP contribution in [-0.4, -0.2) is 78.6 Å². The van der Waals surface area contributed by atoms with Gasteiger partial charge in [-0.25, -0.2) is 9.97 Å². The number of ether oxygens (including phenoxy) is 3.